The van der Waals surface area contributed by atoms with Gasteiger partial charge in [0.1, 0.15) is 5.82 Å². The lowest BCUT2D eigenvalue weighted by molar-refractivity contribution is -0.120. The molecule has 0 radical (unpaired) electrons. The Morgan fingerprint density at radius 3 is 2.79 bits per heavy atom. The summed E-state index contributed by atoms with van der Waals surface area (Å²) < 4.78 is 18.2. The molecule has 2 aromatic rings. The van der Waals surface area contributed by atoms with Gasteiger partial charge in [-0.05, 0) is 12.1 Å². The molecule has 1 aromatic carbocycles. The van der Waals surface area contributed by atoms with Crippen molar-refractivity contribution in [3.8, 4) is 0 Å². The highest BCUT2D eigenvalue weighted by Crippen LogP contribution is 2.05. The highest BCUT2D eigenvalue weighted by Gasteiger charge is 2.04. The van der Waals surface area contributed by atoms with Crippen LogP contribution in [0.2, 0.25) is 0 Å². The summed E-state index contributed by atoms with van der Waals surface area (Å²) in [7, 11) is 0. The third kappa shape index (κ3) is 4.22. The summed E-state index contributed by atoms with van der Waals surface area (Å²) in [5.74, 6) is -0.485. The molecule has 0 atom stereocenters. The monoisotopic (exact) mass is 262 g/mol. The summed E-state index contributed by atoms with van der Waals surface area (Å²) in [5.41, 5.74) is 1.45. The number of amides is 1. The SMILES string of the molecule is O=C(CNCc1ccoc1)NCc1ccccc1F. The first-order valence-corrected chi connectivity index (χ1v) is 5.97. The molecular formula is C14H15FN2O2. The van der Waals surface area contributed by atoms with Crippen molar-refractivity contribution in [2.24, 2.45) is 0 Å². The average molecular weight is 262 g/mol. The van der Waals surface area contributed by atoms with Crippen LogP contribution in [-0.4, -0.2) is 12.5 Å². The van der Waals surface area contributed by atoms with Gasteiger partial charge in [-0.3, -0.25) is 4.79 Å². The fourth-order valence-corrected chi connectivity index (χ4v) is 1.61. The summed E-state index contributed by atoms with van der Waals surface area (Å²) in [5, 5.41) is 5.63. The average Bonchev–Trinajstić information content (AvgIpc) is 2.91. The van der Waals surface area contributed by atoms with Gasteiger partial charge in [0.05, 0.1) is 19.1 Å². The van der Waals surface area contributed by atoms with Crippen molar-refractivity contribution < 1.29 is 13.6 Å². The van der Waals surface area contributed by atoms with Gasteiger partial charge in [0.25, 0.3) is 0 Å². The van der Waals surface area contributed by atoms with Crippen LogP contribution in [0.5, 0.6) is 0 Å². The Morgan fingerprint density at radius 1 is 1.21 bits per heavy atom. The van der Waals surface area contributed by atoms with E-state index >= 15 is 0 Å². The minimum atomic E-state index is -0.311. The zero-order valence-corrected chi connectivity index (χ0v) is 10.4. The summed E-state index contributed by atoms with van der Waals surface area (Å²) in [6, 6.07) is 8.20. The fraction of sp³-hybridized carbons (Fsp3) is 0.214. The quantitative estimate of drug-likeness (QED) is 0.835. The van der Waals surface area contributed by atoms with Crippen LogP contribution in [0.25, 0.3) is 0 Å². The van der Waals surface area contributed by atoms with E-state index in [1.54, 1.807) is 30.7 Å². The number of carbonyl (C=O) groups excluding carboxylic acids is 1. The first-order valence-electron chi connectivity index (χ1n) is 5.97. The Hall–Kier alpha value is -2.14. The molecule has 2 N–H and O–H groups in total. The van der Waals surface area contributed by atoms with Crippen LogP contribution in [-0.2, 0) is 17.9 Å². The van der Waals surface area contributed by atoms with Gasteiger partial charge in [-0.15, -0.1) is 0 Å². The van der Waals surface area contributed by atoms with Gasteiger partial charge in [-0.25, -0.2) is 4.39 Å². The van der Waals surface area contributed by atoms with Gasteiger partial charge in [0.15, 0.2) is 0 Å². The Bertz CT molecular complexity index is 526. The molecule has 0 fully saturated rings. The number of carbonyl (C=O) groups is 1. The number of halogens is 1. The molecule has 0 aliphatic rings. The molecule has 0 bridgehead atoms. The van der Waals surface area contributed by atoms with Crippen molar-refractivity contribution in [3.05, 3.63) is 59.8 Å². The maximum absolute atomic E-state index is 13.3. The molecule has 100 valence electrons. The molecule has 19 heavy (non-hydrogen) atoms. The minimum Gasteiger partial charge on any atom is -0.472 e. The summed E-state index contributed by atoms with van der Waals surface area (Å²) >= 11 is 0. The third-order valence-corrected chi connectivity index (χ3v) is 2.63. The lowest BCUT2D eigenvalue weighted by Crippen LogP contribution is -2.33. The Balaban J connectivity index is 1.69. The molecule has 0 spiro atoms. The Kier molecular flexibility index (Phi) is 4.69. The van der Waals surface area contributed by atoms with Crippen LogP contribution in [0.15, 0.2) is 47.3 Å². The van der Waals surface area contributed by atoms with E-state index in [1.807, 2.05) is 6.07 Å². The zero-order chi connectivity index (χ0) is 13.5. The topological polar surface area (TPSA) is 54.3 Å². The van der Waals surface area contributed by atoms with E-state index in [0.29, 0.717) is 12.1 Å². The van der Waals surface area contributed by atoms with Gasteiger partial charge >= 0.3 is 0 Å². The number of hydrogen-bond acceptors (Lipinski definition) is 3. The van der Waals surface area contributed by atoms with Gasteiger partial charge < -0.3 is 15.1 Å². The van der Waals surface area contributed by atoms with E-state index in [0.717, 1.165) is 5.56 Å². The van der Waals surface area contributed by atoms with E-state index < -0.39 is 0 Å². The number of nitrogens with one attached hydrogen (secondary N) is 2. The number of hydrogen-bond donors (Lipinski definition) is 2. The van der Waals surface area contributed by atoms with Gasteiger partial charge in [0.2, 0.25) is 5.91 Å². The predicted molar refractivity (Wildman–Crippen MR) is 68.7 cm³/mol. The second-order valence-corrected chi connectivity index (χ2v) is 4.10. The van der Waals surface area contributed by atoms with Crippen LogP contribution >= 0.6 is 0 Å². The van der Waals surface area contributed by atoms with Gasteiger partial charge in [-0.1, -0.05) is 18.2 Å². The number of furan rings is 1. The van der Waals surface area contributed by atoms with E-state index in [1.165, 1.54) is 6.07 Å². The Morgan fingerprint density at radius 2 is 2.05 bits per heavy atom. The molecule has 0 aliphatic heterocycles. The minimum absolute atomic E-state index is 0.174. The van der Waals surface area contributed by atoms with Crippen molar-refractivity contribution in [1.82, 2.24) is 10.6 Å². The van der Waals surface area contributed by atoms with Crippen LogP contribution in [0.4, 0.5) is 4.39 Å². The molecular weight excluding hydrogens is 247 g/mol. The van der Waals surface area contributed by atoms with Crippen LogP contribution in [0.3, 0.4) is 0 Å². The number of benzene rings is 1. The maximum atomic E-state index is 13.3. The van der Waals surface area contributed by atoms with E-state index in [-0.39, 0.29) is 24.8 Å². The molecule has 5 heteroatoms. The molecule has 1 aromatic heterocycles. The molecule has 0 saturated heterocycles. The van der Waals surface area contributed by atoms with E-state index in [4.69, 9.17) is 4.42 Å². The molecule has 4 nitrogen and oxygen atoms in total. The summed E-state index contributed by atoms with van der Waals surface area (Å²) in [6.07, 6.45) is 3.19. The van der Waals surface area contributed by atoms with Gasteiger partial charge in [0, 0.05) is 24.2 Å². The van der Waals surface area contributed by atoms with Crippen LogP contribution < -0.4 is 10.6 Å². The molecule has 0 aliphatic carbocycles. The normalized spacial score (nSPS) is 10.4. The first kappa shape index (κ1) is 13.3. The molecule has 2 rings (SSSR count). The molecule has 0 unspecified atom stereocenters. The molecule has 0 saturated carbocycles. The van der Waals surface area contributed by atoms with Crippen LogP contribution in [0, 0.1) is 5.82 Å². The predicted octanol–water partition coefficient (Wildman–Crippen LogP) is 1.82. The second kappa shape index (κ2) is 6.70. The number of rotatable bonds is 6. The van der Waals surface area contributed by atoms with Crippen molar-refractivity contribution >= 4 is 5.91 Å². The third-order valence-electron chi connectivity index (χ3n) is 2.63. The van der Waals surface area contributed by atoms with Gasteiger partial charge in [-0.2, -0.15) is 0 Å². The summed E-state index contributed by atoms with van der Waals surface area (Å²) in [6.45, 7) is 0.933. The lowest BCUT2D eigenvalue weighted by atomic mass is 10.2. The zero-order valence-electron chi connectivity index (χ0n) is 10.4. The Labute approximate surface area is 110 Å². The molecule has 1 amide bonds. The van der Waals surface area contributed by atoms with Crippen LogP contribution in [0.1, 0.15) is 11.1 Å². The molecule has 1 heterocycles. The van der Waals surface area contributed by atoms with Crippen molar-refractivity contribution in [3.63, 3.8) is 0 Å². The van der Waals surface area contributed by atoms with Crippen molar-refractivity contribution in [2.45, 2.75) is 13.1 Å². The smallest absolute Gasteiger partial charge is 0.234 e. The van der Waals surface area contributed by atoms with Crippen molar-refractivity contribution in [2.75, 3.05) is 6.54 Å². The summed E-state index contributed by atoms with van der Waals surface area (Å²) in [4.78, 5) is 11.5. The lowest BCUT2D eigenvalue weighted by Gasteiger charge is -2.06. The van der Waals surface area contributed by atoms with E-state index in [9.17, 15) is 9.18 Å². The highest BCUT2D eigenvalue weighted by atomic mass is 19.1. The fourth-order valence-electron chi connectivity index (χ4n) is 1.61. The standard InChI is InChI=1S/C14H15FN2O2/c15-13-4-2-1-3-12(13)8-17-14(18)9-16-7-11-5-6-19-10-11/h1-6,10,16H,7-9H2,(H,17,18). The van der Waals surface area contributed by atoms with E-state index in [2.05, 4.69) is 10.6 Å². The second-order valence-electron chi connectivity index (χ2n) is 4.10. The first-order chi connectivity index (χ1) is 9.25. The maximum Gasteiger partial charge on any atom is 0.234 e. The van der Waals surface area contributed by atoms with Crippen molar-refractivity contribution in [1.29, 1.82) is 0 Å². The largest absolute Gasteiger partial charge is 0.472 e. The highest BCUT2D eigenvalue weighted by molar-refractivity contribution is 5.77.